The summed E-state index contributed by atoms with van der Waals surface area (Å²) >= 11 is 0. The third-order valence-corrected chi connectivity index (χ3v) is 5.45. The molecular formula is C16H21N3O3. The molecule has 0 aromatic heterocycles. The largest absolute Gasteiger partial charge is 0.481 e. The highest BCUT2D eigenvalue weighted by Gasteiger charge is 2.56. The van der Waals surface area contributed by atoms with Crippen LogP contribution in [0.1, 0.15) is 51.4 Å². The lowest BCUT2D eigenvalue weighted by molar-refractivity contribution is -0.150. The van der Waals surface area contributed by atoms with Gasteiger partial charge >= 0.3 is 5.97 Å². The first-order valence-corrected chi connectivity index (χ1v) is 7.93. The average Bonchev–Trinajstić information content (AvgIpc) is 2.96. The number of hydrogen-bond acceptors (Lipinski definition) is 4. The van der Waals surface area contributed by atoms with Gasteiger partial charge in [-0.3, -0.25) is 9.59 Å². The quantitative estimate of drug-likeness (QED) is 0.764. The van der Waals surface area contributed by atoms with Crippen LogP contribution in [-0.4, -0.2) is 40.1 Å². The van der Waals surface area contributed by atoms with Gasteiger partial charge in [0.2, 0.25) is 5.91 Å². The van der Waals surface area contributed by atoms with Gasteiger partial charge in [-0.25, -0.2) is 0 Å². The average molecular weight is 303 g/mol. The lowest BCUT2D eigenvalue weighted by atomic mass is 9.82. The van der Waals surface area contributed by atoms with Crippen molar-refractivity contribution in [1.82, 2.24) is 4.90 Å². The molecular weight excluding hydrogens is 282 g/mol. The summed E-state index contributed by atoms with van der Waals surface area (Å²) in [6.07, 6.45) is 10.5. The van der Waals surface area contributed by atoms with E-state index in [4.69, 9.17) is 6.42 Å². The molecule has 0 bridgehead atoms. The van der Waals surface area contributed by atoms with Crippen LogP contribution in [0, 0.1) is 17.8 Å². The lowest BCUT2D eigenvalue weighted by Crippen LogP contribution is -2.43. The number of carbonyl (C=O) groups excluding carboxylic acids is 1. The van der Waals surface area contributed by atoms with E-state index in [1.807, 2.05) is 0 Å². The molecule has 0 radical (unpaired) electrons. The standard InChI is InChI=1S/C16H21N3O3/c1-2-3-8-16(17-18-16)9-6-13(20)19-11-10-15(14(21)22)7-4-5-12(15)19/h1,12H,3-11H2,(H,21,22). The molecule has 3 aliphatic rings. The molecule has 1 saturated heterocycles. The van der Waals surface area contributed by atoms with Crippen molar-refractivity contribution in [2.75, 3.05) is 6.54 Å². The monoisotopic (exact) mass is 303 g/mol. The molecule has 0 aromatic rings. The number of carbonyl (C=O) groups is 2. The fourth-order valence-corrected chi connectivity index (χ4v) is 4.05. The Morgan fingerprint density at radius 2 is 2.09 bits per heavy atom. The maximum absolute atomic E-state index is 12.5. The van der Waals surface area contributed by atoms with Crippen LogP contribution in [0.3, 0.4) is 0 Å². The topological polar surface area (TPSA) is 82.3 Å². The van der Waals surface area contributed by atoms with Crippen molar-refractivity contribution in [2.45, 2.75) is 63.1 Å². The minimum Gasteiger partial charge on any atom is -0.481 e. The Bertz CT molecular complexity index is 559. The molecule has 118 valence electrons. The number of amides is 1. The van der Waals surface area contributed by atoms with E-state index >= 15 is 0 Å². The summed E-state index contributed by atoms with van der Waals surface area (Å²) in [5.74, 6) is 1.86. The first-order chi connectivity index (χ1) is 10.5. The number of carboxylic acid groups (broad SMARTS) is 1. The Kier molecular flexibility index (Phi) is 3.67. The smallest absolute Gasteiger partial charge is 0.311 e. The van der Waals surface area contributed by atoms with Crippen LogP contribution in [0.5, 0.6) is 0 Å². The Hall–Kier alpha value is -1.90. The summed E-state index contributed by atoms with van der Waals surface area (Å²) in [5, 5.41) is 17.6. The maximum atomic E-state index is 12.5. The van der Waals surface area contributed by atoms with Gasteiger partial charge < -0.3 is 10.0 Å². The SMILES string of the molecule is C#CCCC1(CCC(=O)N2CCC3(C(=O)O)CCCC23)N=N1. The van der Waals surface area contributed by atoms with Crippen LogP contribution in [0.2, 0.25) is 0 Å². The zero-order valence-electron chi connectivity index (χ0n) is 12.6. The summed E-state index contributed by atoms with van der Waals surface area (Å²) in [4.78, 5) is 25.9. The highest BCUT2D eigenvalue weighted by molar-refractivity contribution is 5.82. The molecule has 2 atom stereocenters. The van der Waals surface area contributed by atoms with Crippen molar-refractivity contribution in [3.8, 4) is 12.3 Å². The van der Waals surface area contributed by atoms with Crippen LogP contribution in [-0.2, 0) is 9.59 Å². The number of aliphatic carboxylic acids is 1. The second-order valence-corrected chi connectivity index (χ2v) is 6.59. The molecule has 2 fully saturated rings. The van der Waals surface area contributed by atoms with Crippen molar-refractivity contribution in [3.63, 3.8) is 0 Å². The van der Waals surface area contributed by atoms with Crippen LogP contribution >= 0.6 is 0 Å². The molecule has 2 heterocycles. The molecule has 6 heteroatoms. The summed E-state index contributed by atoms with van der Waals surface area (Å²) in [7, 11) is 0. The van der Waals surface area contributed by atoms with Gasteiger partial charge in [0, 0.05) is 38.3 Å². The molecule has 22 heavy (non-hydrogen) atoms. The van der Waals surface area contributed by atoms with Gasteiger partial charge in [-0.1, -0.05) is 6.42 Å². The Labute approximate surface area is 130 Å². The molecule has 1 saturated carbocycles. The molecule has 2 aliphatic heterocycles. The van der Waals surface area contributed by atoms with Gasteiger partial charge in [0.1, 0.15) is 0 Å². The molecule has 2 unspecified atom stereocenters. The third-order valence-electron chi connectivity index (χ3n) is 5.45. The zero-order chi connectivity index (χ0) is 15.8. The third kappa shape index (κ3) is 2.39. The number of hydrogen-bond donors (Lipinski definition) is 1. The van der Waals surface area contributed by atoms with Gasteiger partial charge in [-0.2, -0.15) is 10.2 Å². The highest BCUT2D eigenvalue weighted by atomic mass is 16.4. The van der Waals surface area contributed by atoms with E-state index < -0.39 is 17.0 Å². The van der Waals surface area contributed by atoms with Gasteiger partial charge in [-0.15, -0.1) is 12.3 Å². The molecule has 1 amide bonds. The number of fused-ring (bicyclic) bond motifs is 1. The van der Waals surface area contributed by atoms with E-state index in [1.54, 1.807) is 4.90 Å². The van der Waals surface area contributed by atoms with E-state index in [9.17, 15) is 14.7 Å². The van der Waals surface area contributed by atoms with Crippen LogP contribution in [0.15, 0.2) is 10.2 Å². The van der Waals surface area contributed by atoms with E-state index in [1.165, 1.54) is 0 Å². The van der Waals surface area contributed by atoms with Crippen molar-refractivity contribution in [1.29, 1.82) is 0 Å². The molecule has 0 spiro atoms. The summed E-state index contributed by atoms with van der Waals surface area (Å²) < 4.78 is 0. The first-order valence-electron chi connectivity index (χ1n) is 7.93. The predicted molar refractivity (Wildman–Crippen MR) is 78.9 cm³/mol. The lowest BCUT2D eigenvalue weighted by Gasteiger charge is -2.29. The Balaban J connectivity index is 1.58. The first kappa shape index (κ1) is 15.0. The second-order valence-electron chi connectivity index (χ2n) is 6.59. The van der Waals surface area contributed by atoms with Crippen molar-refractivity contribution < 1.29 is 14.7 Å². The van der Waals surface area contributed by atoms with E-state index in [0.717, 1.165) is 12.8 Å². The van der Waals surface area contributed by atoms with E-state index in [-0.39, 0.29) is 11.9 Å². The maximum Gasteiger partial charge on any atom is 0.311 e. The number of terminal acetylenes is 1. The van der Waals surface area contributed by atoms with Crippen LogP contribution in [0.25, 0.3) is 0 Å². The summed E-state index contributed by atoms with van der Waals surface area (Å²) in [6, 6.07) is -0.132. The fourth-order valence-electron chi connectivity index (χ4n) is 4.05. The number of nitrogens with zero attached hydrogens (tertiary/aromatic N) is 3. The van der Waals surface area contributed by atoms with Crippen molar-refractivity contribution >= 4 is 11.9 Å². The van der Waals surface area contributed by atoms with Gasteiger partial charge in [0.05, 0.1) is 5.41 Å². The van der Waals surface area contributed by atoms with Gasteiger partial charge in [-0.05, 0) is 19.3 Å². The fraction of sp³-hybridized carbons (Fsp3) is 0.750. The van der Waals surface area contributed by atoms with Crippen LogP contribution < -0.4 is 0 Å². The predicted octanol–water partition coefficient (Wildman–Crippen LogP) is 2.20. The minimum absolute atomic E-state index is 0.0346. The van der Waals surface area contributed by atoms with Gasteiger partial charge in [0.25, 0.3) is 0 Å². The highest BCUT2D eigenvalue weighted by Crippen LogP contribution is 2.49. The van der Waals surface area contributed by atoms with E-state index in [0.29, 0.717) is 45.1 Å². The molecule has 1 N–H and O–H groups in total. The molecule has 1 aliphatic carbocycles. The van der Waals surface area contributed by atoms with Crippen molar-refractivity contribution in [3.05, 3.63) is 0 Å². The van der Waals surface area contributed by atoms with Crippen molar-refractivity contribution in [2.24, 2.45) is 15.6 Å². The normalized spacial score (nSPS) is 30.9. The summed E-state index contributed by atoms with van der Waals surface area (Å²) in [5.41, 5.74) is -1.15. The Morgan fingerprint density at radius 3 is 2.73 bits per heavy atom. The van der Waals surface area contributed by atoms with Crippen LogP contribution in [0.4, 0.5) is 0 Å². The second kappa shape index (κ2) is 5.38. The summed E-state index contributed by atoms with van der Waals surface area (Å²) in [6.45, 7) is 0.557. The zero-order valence-corrected chi connectivity index (χ0v) is 12.6. The molecule has 3 rings (SSSR count). The molecule has 0 aromatic carbocycles. The minimum atomic E-state index is -0.747. The van der Waals surface area contributed by atoms with E-state index in [2.05, 4.69) is 16.1 Å². The number of rotatable bonds is 6. The number of likely N-dealkylation sites (tertiary alicyclic amines) is 1. The Morgan fingerprint density at radius 1 is 1.32 bits per heavy atom. The molecule has 6 nitrogen and oxygen atoms in total. The van der Waals surface area contributed by atoms with Gasteiger partial charge in [0.15, 0.2) is 5.66 Å². The number of carboxylic acids is 1.